The minimum absolute atomic E-state index is 0.0562. The third kappa shape index (κ3) is 4.97. The van der Waals surface area contributed by atoms with E-state index in [2.05, 4.69) is 45.9 Å². The Balaban J connectivity index is 2.75. The maximum absolute atomic E-state index is 11.6. The number of nitrogens with two attached hydrogens (primary N) is 1. The average Bonchev–Trinajstić information content (AvgIpc) is 2.30. The van der Waals surface area contributed by atoms with Gasteiger partial charge >= 0.3 is 5.97 Å². The fourth-order valence-electron chi connectivity index (χ4n) is 2.54. The fourth-order valence-corrected chi connectivity index (χ4v) is 2.54. The van der Waals surface area contributed by atoms with Crippen molar-refractivity contribution < 1.29 is 9.53 Å². The standard InChI is InChI=1S/C17H27NO2/c1-6-20-16(19)11-17(4,5)10-15(18)14-9-12(2)7-8-13(14)3/h7-9,15H,6,10-11,18H2,1-5H3. The smallest absolute Gasteiger partial charge is 0.306 e. The van der Waals surface area contributed by atoms with Gasteiger partial charge in [0, 0.05) is 6.04 Å². The van der Waals surface area contributed by atoms with Crippen molar-refractivity contribution in [2.75, 3.05) is 6.61 Å². The van der Waals surface area contributed by atoms with Crippen molar-refractivity contribution in [3.63, 3.8) is 0 Å². The summed E-state index contributed by atoms with van der Waals surface area (Å²) in [4.78, 5) is 11.6. The second-order valence-electron chi connectivity index (χ2n) is 6.32. The van der Waals surface area contributed by atoms with Crippen LogP contribution in [0.5, 0.6) is 0 Å². The molecule has 0 aliphatic rings. The molecule has 3 heteroatoms. The van der Waals surface area contributed by atoms with Crippen LogP contribution in [0.25, 0.3) is 0 Å². The summed E-state index contributed by atoms with van der Waals surface area (Å²) in [6.07, 6.45) is 1.16. The molecule has 1 atom stereocenters. The van der Waals surface area contributed by atoms with Gasteiger partial charge < -0.3 is 10.5 Å². The minimum atomic E-state index is -0.165. The van der Waals surface area contributed by atoms with Gasteiger partial charge in [-0.25, -0.2) is 0 Å². The van der Waals surface area contributed by atoms with Crippen LogP contribution in [-0.2, 0) is 9.53 Å². The number of hydrogen-bond acceptors (Lipinski definition) is 3. The van der Waals surface area contributed by atoms with Crippen molar-refractivity contribution in [3.8, 4) is 0 Å². The molecule has 112 valence electrons. The van der Waals surface area contributed by atoms with Crippen LogP contribution in [0.1, 0.15) is 56.3 Å². The number of esters is 1. The third-order valence-electron chi connectivity index (χ3n) is 3.53. The molecule has 0 aliphatic heterocycles. The molecule has 1 rings (SSSR count). The van der Waals surface area contributed by atoms with E-state index < -0.39 is 0 Å². The summed E-state index contributed by atoms with van der Waals surface area (Å²) >= 11 is 0. The lowest BCUT2D eigenvalue weighted by Gasteiger charge is -2.28. The zero-order valence-electron chi connectivity index (χ0n) is 13.3. The molecule has 0 radical (unpaired) electrons. The van der Waals surface area contributed by atoms with Crippen molar-refractivity contribution in [3.05, 3.63) is 34.9 Å². The van der Waals surface area contributed by atoms with E-state index >= 15 is 0 Å². The maximum Gasteiger partial charge on any atom is 0.306 e. The highest BCUT2D eigenvalue weighted by Gasteiger charge is 2.26. The third-order valence-corrected chi connectivity index (χ3v) is 3.53. The van der Waals surface area contributed by atoms with Gasteiger partial charge in [0.1, 0.15) is 0 Å². The monoisotopic (exact) mass is 277 g/mol. The largest absolute Gasteiger partial charge is 0.466 e. The first-order valence-corrected chi connectivity index (χ1v) is 7.23. The number of benzene rings is 1. The van der Waals surface area contributed by atoms with E-state index in [0.717, 1.165) is 6.42 Å². The summed E-state index contributed by atoms with van der Waals surface area (Å²) in [5.41, 5.74) is 9.77. The van der Waals surface area contributed by atoms with Crippen LogP contribution in [0.15, 0.2) is 18.2 Å². The number of carbonyl (C=O) groups is 1. The number of carbonyl (C=O) groups excluding carboxylic acids is 1. The molecule has 20 heavy (non-hydrogen) atoms. The van der Waals surface area contributed by atoms with Crippen molar-refractivity contribution in [2.24, 2.45) is 11.1 Å². The van der Waals surface area contributed by atoms with Gasteiger partial charge in [-0.2, -0.15) is 0 Å². The maximum atomic E-state index is 11.6. The van der Waals surface area contributed by atoms with E-state index in [1.54, 1.807) is 0 Å². The lowest BCUT2D eigenvalue weighted by atomic mass is 9.80. The summed E-state index contributed by atoms with van der Waals surface area (Å²) in [6, 6.07) is 6.28. The van der Waals surface area contributed by atoms with Gasteiger partial charge in [-0.1, -0.05) is 37.6 Å². The van der Waals surface area contributed by atoms with E-state index in [0.29, 0.717) is 13.0 Å². The molecule has 0 saturated heterocycles. The van der Waals surface area contributed by atoms with Crippen LogP contribution in [-0.4, -0.2) is 12.6 Å². The molecule has 1 aromatic rings. The topological polar surface area (TPSA) is 52.3 Å². The van der Waals surface area contributed by atoms with Gasteiger partial charge in [-0.05, 0) is 43.7 Å². The van der Waals surface area contributed by atoms with Gasteiger partial charge in [0.25, 0.3) is 0 Å². The number of ether oxygens (including phenoxy) is 1. The van der Waals surface area contributed by atoms with Gasteiger partial charge in [-0.3, -0.25) is 4.79 Å². The van der Waals surface area contributed by atoms with E-state index in [1.165, 1.54) is 16.7 Å². The Bertz CT molecular complexity index is 466. The molecule has 3 nitrogen and oxygen atoms in total. The Morgan fingerprint density at radius 1 is 1.35 bits per heavy atom. The van der Waals surface area contributed by atoms with Crippen LogP contribution < -0.4 is 5.73 Å². The quantitative estimate of drug-likeness (QED) is 0.807. The second kappa shape index (κ2) is 6.89. The highest BCUT2D eigenvalue weighted by Crippen LogP contribution is 2.33. The molecule has 0 heterocycles. The summed E-state index contributed by atoms with van der Waals surface area (Å²) in [5, 5.41) is 0. The van der Waals surface area contributed by atoms with E-state index in [-0.39, 0.29) is 17.4 Å². The average molecular weight is 277 g/mol. The zero-order chi connectivity index (χ0) is 15.3. The van der Waals surface area contributed by atoms with Crippen LogP contribution in [0.4, 0.5) is 0 Å². The molecule has 0 saturated carbocycles. The highest BCUT2D eigenvalue weighted by molar-refractivity contribution is 5.70. The molecule has 0 aromatic heterocycles. The Morgan fingerprint density at radius 2 is 2.00 bits per heavy atom. The molecule has 1 aromatic carbocycles. The molecule has 1 unspecified atom stereocenters. The first-order chi connectivity index (χ1) is 9.25. The lowest BCUT2D eigenvalue weighted by Crippen LogP contribution is -2.25. The van der Waals surface area contributed by atoms with Crippen LogP contribution in [0.2, 0.25) is 0 Å². The Kier molecular flexibility index (Phi) is 5.75. The van der Waals surface area contributed by atoms with E-state index in [1.807, 2.05) is 6.92 Å². The molecule has 0 spiro atoms. The predicted octanol–water partition coefficient (Wildman–Crippen LogP) is 3.67. The van der Waals surface area contributed by atoms with Crippen LogP contribution >= 0.6 is 0 Å². The number of aryl methyl sites for hydroxylation is 2. The Labute approximate surface area is 122 Å². The predicted molar refractivity (Wildman–Crippen MR) is 82.5 cm³/mol. The van der Waals surface area contributed by atoms with Gasteiger partial charge in [0.15, 0.2) is 0 Å². The van der Waals surface area contributed by atoms with E-state index in [9.17, 15) is 4.79 Å². The van der Waals surface area contributed by atoms with Crippen molar-refractivity contribution >= 4 is 5.97 Å². The molecule has 2 N–H and O–H groups in total. The number of rotatable bonds is 6. The first-order valence-electron chi connectivity index (χ1n) is 7.23. The number of hydrogen-bond donors (Lipinski definition) is 1. The highest BCUT2D eigenvalue weighted by atomic mass is 16.5. The molecule has 0 aliphatic carbocycles. The first kappa shape index (κ1) is 16.7. The van der Waals surface area contributed by atoms with Crippen molar-refractivity contribution in [1.82, 2.24) is 0 Å². The minimum Gasteiger partial charge on any atom is -0.466 e. The molecular weight excluding hydrogens is 250 g/mol. The summed E-state index contributed by atoms with van der Waals surface area (Å²) in [7, 11) is 0. The SMILES string of the molecule is CCOC(=O)CC(C)(C)CC(N)c1cc(C)ccc1C. The lowest BCUT2D eigenvalue weighted by molar-refractivity contribution is -0.145. The van der Waals surface area contributed by atoms with Gasteiger partial charge in [0.2, 0.25) is 0 Å². The fraction of sp³-hybridized carbons (Fsp3) is 0.588. The molecule has 0 amide bonds. The Morgan fingerprint density at radius 3 is 2.60 bits per heavy atom. The second-order valence-corrected chi connectivity index (χ2v) is 6.32. The normalized spacial score (nSPS) is 13.1. The van der Waals surface area contributed by atoms with Gasteiger partial charge in [0.05, 0.1) is 13.0 Å². The summed E-state index contributed by atoms with van der Waals surface area (Å²) in [5.74, 6) is -0.148. The summed E-state index contributed by atoms with van der Waals surface area (Å²) in [6.45, 7) is 10.5. The molecule has 0 bridgehead atoms. The Hall–Kier alpha value is -1.35. The van der Waals surface area contributed by atoms with Gasteiger partial charge in [-0.15, -0.1) is 0 Å². The van der Waals surface area contributed by atoms with Crippen LogP contribution in [0.3, 0.4) is 0 Å². The van der Waals surface area contributed by atoms with Crippen molar-refractivity contribution in [1.29, 1.82) is 0 Å². The van der Waals surface area contributed by atoms with Crippen LogP contribution in [0, 0.1) is 19.3 Å². The summed E-state index contributed by atoms with van der Waals surface area (Å²) < 4.78 is 5.03. The molecule has 0 fully saturated rings. The zero-order valence-corrected chi connectivity index (χ0v) is 13.3. The van der Waals surface area contributed by atoms with Crippen molar-refractivity contribution in [2.45, 2.75) is 53.5 Å². The van der Waals surface area contributed by atoms with E-state index in [4.69, 9.17) is 10.5 Å². The molecular formula is C17H27NO2.